The summed E-state index contributed by atoms with van der Waals surface area (Å²) in [6.07, 6.45) is 0.469. The molecule has 1 amide bonds. The first-order chi connectivity index (χ1) is 10.2. The Hall–Kier alpha value is -1.37. The van der Waals surface area contributed by atoms with Gasteiger partial charge < -0.3 is 15.0 Å². The van der Waals surface area contributed by atoms with E-state index in [1.54, 1.807) is 11.3 Å². The molecule has 0 aliphatic carbocycles. The number of nitrogens with zero attached hydrogens (tertiary/aromatic N) is 2. The minimum atomic E-state index is 0.162. The fourth-order valence-electron chi connectivity index (χ4n) is 2.22. The predicted octanol–water partition coefficient (Wildman–Crippen LogP) is 2.61. The van der Waals surface area contributed by atoms with E-state index in [9.17, 15) is 4.79 Å². The number of hydrogen-bond acceptors (Lipinski definition) is 5. The maximum atomic E-state index is 12.0. The topological polar surface area (TPSA) is 54.5 Å². The smallest absolute Gasteiger partial charge is 0.224 e. The molecular formula is C14H16ClN3O2S. The van der Waals surface area contributed by atoms with Crippen molar-refractivity contribution in [1.29, 1.82) is 0 Å². The summed E-state index contributed by atoms with van der Waals surface area (Å²) in [6, 6.07) is 5.66. The van der Waals surface area contributed by atoms with Crippen LogP contribution in [0.2, 0.25) is 5.02 Å². The number of hydrogen-bond donors (Lipinski definition) is 1. The van der Waals surface area contributed by atoms with Crippen molar-refractivity contribution in [2.75, 3.05) is 38.2 Å². The van der Waals surface area contributed by atoms with Crippen LogP contribution in [0.25, 0.3) is 10.2 Å². The quantitative estimate of drug-likeness (QED) is 0.939. The van der Waals surface area contributed by atoms with Crippen molar-refractivity contribution >= 4 is 44.2 Å². The number of rotatable bonds is 4. The van der Waals surface area contributed by atoms with E-state index in [-0.39, 0.29) is 5.91 Å². The molecule has 1 aromatic carbocycles. The van der Waals surface area contributed by atoms with Crippen LogP contribution in [0, 0.1) is 0 Å². The highest BCUT2D eigenvalue weighted by molar-refractivity contribution is 7.22. The van der Waals surface area contributed by atoms with Crippen molar-refractivity contribution < 1.29 is 9.53 Å². The van der Waals surface area contributed by atoms with Crippen molar-refractivity contribution in [3.05, 3.63) is 23.2 Å². The maximum Gasteiger partial charge on any atom is 0.224 e. The number of nitrogens with one attached hydrogen (secondary N) is 1. The summed E-state index contributed by atoms with van der Waals surface area (Å²) in [5, 5.41) is 4.71. The van der Waals surface area contributed by atoms with E-state index >= 15 is 0 Å². The van der Waals surface area contributed by atoms with Gasteiger partial charge in [-0.15, -0.1) is 0 Å². The number of thiazole rings is 1. The summed E-state index contributed by atoms with van der Waals surface area (Å²) < 4.78 is 6.32. The van der Waals surface area contributed by atoms with E-state index < -0.39 is 0 Å². The Labute approximate surface area is 131 Å². The molecule has 1 aliphatic rings. The van der Waals surface area contributed by atoms with Gasteiger partial charge in [0, 0.05) is 31.1 Å². The van der Waals surface area contributed by atoms with Gasteiger partial charge in [0.15, 0.2) is 5.13 Å². The van der Waals surface area contributed by atoms with Gasteiger partial charge in [-0.3, -0.25) is 4.79 Å². The van der Waals surface area contributed by atoms with Crippen LogP contribution in [0.5, 0.6) is 0 Å². The standard InChI is InChI=1S/C14H16ClN3O2S/c15-10-1-2-12-11(9-10)17-14(21-12)16-4-3-13(19)18-5-7-20-8-6-18/h1-2,9H,3-8H2,(H,16,17). The third-order valence-corrected chi connectivity index (χ3v) is 4.56. The average Bonchev–Trinajstić information content (AvgIpc) is 2.89. The SMILES string of the molecule is O=C(CCNc1nc2cc(Cl)ccc2s1)N1CCOCC1. The molecule has 1 aromatic heterocycles. The molecule has 1 saturated heterocycles. The van der Waals surface area contributed by atoms with Crippen LogP contribution in [0.15, 0.2) is 18.2 Å². The molecule has 0 radical (unpaired) electrons. The summed E-state index contributed by atoms with van der Waals surface area (Å²) in [7, 11) is 0. The number of amides is 1. The first-order valence-electron chi connectivity index (χ1n) is 6.88. The highest BCUT2D eigenvalue weighted by atomic mass is 35.5. The van der Waals surface area contributed by atoms with Gasteiger partial charge in [-0.1, -0.05) is 22.9 Å². The molecule has 2 heterocycles. The minimum Gasteiger partial charge on any atom is -0.378 e. The van der Waals surface area contributed by atoms with Crippen LogP contribution in [0.3, 0.4) is 0 Å². The fraction of sp³-hybridized carbons (Fsp3) is 0.429. The number of anilines is 1. The van der Waals surface area contributed by atoms with E-state index in [1.165, 1.54) is 0 Å². The van der Waals surface area contributed by atoms with Crippen LogP contribution in [0.4, 0.5) is 5.13 Å². The van der Waals surface area contributed by atoms with Gasteiger partial charge in [0.2, 0.25) is 5.91 Å². The monoisotopic (exact) mass is 325 g/mol. The summed E-state index contributed by atoms with van der Waals surface area (Å²) in [5.74, 6) is 0.162. The lowest BCUT2D eigenvalue weighted by Crippen LogP contribution is -2.41. The Kier molecular flexibility index (Phi) is 4.57. The molecule has 0 unspecified atom stereocenters. The highest BCUT2D eigenvalue weighted by Gasteiger charge is 2.16. The summed E-state index contributed by atoms with van der Waals surface area (Å²) in [5.41, 5.74) is 0.884. The lowest BCUT2D eigenvalue weighted by Gasteiger charge is -2.26. The van der Waals surface area contributed by atoms with Crippen LogP contribution >= 0.6 is 22.9 Å². The Morgan fingerprint density at radius 1 is 1.43 bits per heavy atom. The van der Waals surface area contributed by atoms with Gasteiger partial charge in [-0.25, -0.2) is 4.98 Å². The second-order valence-electron chi connectivity index (χ2n) is 4.80. The zero-order valence-electron chi connectivity index (χ0n) is 11.5. The lowest BCUT2D eigenvalue weighted by atomic mass is 10.3. The molecule has 1 aliphatic heterocycles. The van der Waals surface area contributed by atoms with Gasteiger partial charge in [-0.2, -0.15) is 0 Å². The summed E-state index contributed by atoms with van der Waals surface area (Å²) >= 11 is 7.51. The molecule has 112 valence electrons. The van der Waals surface area contributed by atoms with Crippen LogP contribution in [-0.2, 0) is 9.53 Å². The number of benzene rings is 1. The summed E-state index contributed by atoms with van der Waals surface area (Å²) in [4.78, 5) is 18.3. The Bertz CT molecular complexity index is 640. The van der Waals surface area contributed by atoms with Crippen molar-refractivity contribution in [3.8, 4) is 0 Å². The van der Waals surface area contributed by atoms with Crippen LogP contribution in [0.1, 0.15) is 6.42 Å². The molecule has 0 bridgehead atoms. The van der Waals surface area contributed by atoms with Gasteiger partial charge in [0.05, 0.1) is 23.4 Å². The Morgan fingerprint density at radius 3 is 3.05 bits per heavy atom. The zero-order chi connectivity index (χ0) is 14.7. The molecule has 3 rings (SSSR count). The van der Waals surface area contributed by atoms with Gasteiger partial charge in [0.25, 0.3) is 0 Å². The second-order valence-corrected chi connectivity index (χ2v) is 6.27. The fourth-order valence-corrected chi connectivity index (χ4v) is 3.26. The molecule has 21 heavy (non-hydrogen) atoms. The number of morpholine rings is 1. The number of fused-ring (bicyclic) bond motifs is 1. The molecule has 0 saturated carbocycles. The van der Waals surface area contributed by atoms with E-state index in [1.807, 2.05) is 23.1 Å². The van der Waals surface area contributed by atoms with Crippen molar-refractivity contribution in [1.82, 2.24) is 9.88 Å². The largest absolute Gasteiger partial charge is 0.378 e. The number of carbonyl (C=O) groups excluding carboxylic acids is 1. The molecule has 1 N–H and O–H groups in total. The number of ether oxygens (including phenoxy) is 1. The molecule has 1 fully saturated rings. The maximum absolute atomic E-state index is 12.0. The zero-order valence-corrected chi connectivity index (χ0v) is 13.0. The second kappa shape index (κ2) is 6.60. The molecule has 2 aromatic rings. The molecule has 7 heteroatoms. The predicted molar refractivity (Wildman–Crippen MR) is 85.1 cm³/mol. The van der Waals surface area contributed by atoms with Crippen molar-refractivity contribution in [3.63, 3.8) is 0 Å². The van der Waals surface area contributed by atoms with E-state index in [0.29, 0.717) is 44.3 Å². The first kappa shape index (κ1) is 14.6. The molecule has 0 atom stereocenters. The summed E-state index contributed by atoms with van der Waals surface area (Å²) in [6.45, 7) is 3.25. The van der Waals surface area contributed by atoms with Gasteiger partial charge in [-0.05, 0) is 18.2 Å². The van der Waals surface area contributed by atoms with Crippen LogP contribution in [-0.4, -0.2) is 48.6 Å². The first-order valence-corrected chi connectivity index (χ1v) is 8.07. The molecule has 5 nitrogen and oxygen atoms in total. The lowest BCUT2D eigenvalue weighted by molar-refractivity contribution is -0.134. The van der Waals surface area contributed by atoms with Crippen molar-refractivity contribution in [2.45, 2.75) is 6.42 Å². The number of carbonyl (C=O) groups is 1. The molecule has 0 spiro atoms. The third-order valence-electron chi connectivity index (χ3n) is 3.33. The number of aromatic nitrogens is 1. The number of halogens is 1. The van der Waals surface area contributed by atoms with Gasteiger partial charge >= 0.3 is 0 Å². The van der Waals surface area contributed by atoms with E-state index in [4.69, 9.17) is 16.3 Å². The van der Waals surface area contributed by atoms with Crippen molar-refractivity contribution in [2.24, 2.45) is 0 Å². The van der Waals surface area contributed by atoms with E-state index in [0.717, 1.165) is 15.3 Å². The highest BCUT2D eigenvalue weighted by Crippen LogP contribution is 2.27. The molecular weight excluding hydrogens is 310 g/mol. The third kappa shape index (κ3) is 3.64. The van der Waals surface area contributed by atoms with Crippen LogP contribution < -0.4 is 5.32 Å². The minimum absolute atomic E-state index is 0.162. The normalized spacial score (nSPS) is 15.4. The van der Waals surface area contributed by atoms with Gasteiger partial charge in [0.1, 0.15) is 0 Å². The average molecular weight is 326 g/mol. The Balaban J connectivity index is 1.53. The van der Waals surface area contributed by atoms with E-state index in [2.05, 4.69) is 10.3 Å². The Morgan fingerprint density at radius 2 is 2.24 bits per heavy atom.